The molecule has 2 heterocycles. The SMILES string of the molecule is NC(Cc1ccc(Cl)cc1Cl)C(=O)N1CCN(c2ncnc3ccccc23)CC1. The lowest BCUT2D eigenvalue weighted by molar-refractivity contribution is -0.132. The summed E-state index contributed by atoms with van der Waals surface area (Å²) in [5.74, 6) is 0.836. The van der Waals surface area contributed by atoms with E-state index < -0.39 is 6.04 Å². The smallest absolute Gasteiger partial charge is 0.239 e. The number of benzene rings is 2. The van der Waals surface area contributed by atoms with Crippen molar-refractivity contribution in [3.05, 3.63) is 64.4 Å². The molecule has 2 N–H and O–H groups in total. The number of hydrogen-bond donors (Lipinski definition) is 1. The molecule has 0 spiro atoms. The van der Waals surface area contributed by atoms with Crippen LogP contribution >= 0.6 is 23.2 Å². The number of carbonyl (C=O) groups excluding carboxylic acids is 1. The minimum Gasteiger partial charge on any atom is -0.352 e. The summed E-state index contributed by atoms with van der Waals surface area (Å²) in [6.45, 7) is 2.58. The van der Waals surface area contributed by atoms with E-state index in [2.05, 4.69) is 14.9 Å². The van der Waals surface area contributed by atoms with E-state index in [1.54, 1.807) is 18.5 Å². The first kappa shape index (κ1) is 19.9. The van der Waals surface area contributed by atoms with E-state index in [1.165, 1.54) is 0 Å². The Balaban J connectivity index is 1.40. The molecule has 0 radical (unpaired) electrons. The molecule has 0 bridgehead atoms. The Kier molecular flexibility index (Phi) is 5.85. The molecular weight excluding hydrogens is 409 g/mol. The molecule has 1 unspecified atom stereocenters. The Morgan fingerprint density at radius 1 is 1.07 bits per heavy atom. The second-order valence-electron chi connectivity index (χ2n) is 7.07. The van der Waals surface area contributed by atoms with Crippen LogP contribution in [-0.2, 0) is 11.2 Å². The summed E-state index contributed by atoms with van der Waals surface area (Å²) in [6, 6.07) is 12.5. The van der Waals surface area contributed by atoms with Crippen molar-refractivity contribution in [1.29, 1.82) is 0 Å². The van der Waals surface area contributed by atoms with Gasteiger partial charge in [0.2, 0.25) is 5.91 Å². The Labute approximate surface area is 179 Å². The monoisotopic (exact) mass is 429 g/mol. The molecule has 1 saturated heterocycles. The fourth-order valence-electron chi connectivity index (χ4n) is 3.63. The van der Waals surface area contributed by atoms with Gasteiger partial charge in [-0.1, -0.05) is 41.4 Å². The molecule has 3 aromatic rings. The first-order valence-corrected chi connectivity index (χ1v) is 10.2. The zero-order chi connectivity index (χ0) is 20.4. The number of fused-ring (bicyclic) bond motifs is 1. The van der Waals surface area contributed by atoms with E-state index >= 15 is 0 Å². The van der Waals surface area contributed by atoms with Crippen molar-refractivity contribution in [2.45, 2.75) is 12.5 Å². The van der Waals surface area contributed by atoms with Crippen LogP contribution in [0.3, 0.4) is 0 Å². The summed E-state index contributed by atoms with van der Waals surface area (Å²) >= 11 is 12.1. The van der Waals surface area contributed by atoms with Crippen molar-refractivity contribution in [3.8, 4) is 0 Å². The summed E-state index contributed by atoms with van der Waals surface area (Å²) in [4.78, 5) is 25.6. The minimum atomic E-state index is -0.639. The van der Waals surface area contributed by atoms with Crippen molar-refractivity contribution in [1.82, 2.24) is 14.9 Å². The van der Waals surface area contributed by atoms with Crippen molar-refractivity contribution in [2.24, 2.45) is 5.73 Å². The lowest BCUT2D eigenvalue weighted by Gasteiger charge is -2.36. The fourth-order valence-corrected chi connectivity index (χ4v) is 4.11. The van der Waals surface area contributed by atoms with Gasteiger partial charge in [-0.05, 0) is 36.2 Å². The van der Waals surface area contributed by atoms with Crippen LogP contribution in [0.25, 0.3) is 10.9 Å². The van der Waals surface area contributed by atoms with Crippen molar-refractivity contribution in [3.63, 3.8) is 0 Å². The van der Waals surface area contributed by atoms with Crippen LogP contribution in [0.15, 0.2) is 48.8 Å². The number of anilines is 1. The van der Waals surface area contributed by atoms with Gasteiger partial charge in [0.1, 0.15) is 12.1 Å². The second-order valence-corrected chi connectivity index (χ2v) is 7.92. The number of aromatic nitrogens is 2. The van der Waals surface area contributed by atoms with Gasteiger partial charge in [0.05, 0.1) is 11.6 Å². The predicted molar refractivity (Wildman–Crippen MR) is 116 cm³/mol. The van der Waals surface area contributed by atoms with Crippen LogP contribution in [0.5, 0.6) is 0 Å². The Morgan fingerprint density at radius 2 is 1.83 bits per heavy atom. The van der Waals surface area contributed by atoms with Crippen molar-refractivity contribution in [2.75, 3.05) is 31.1 Å². The van der Waals surface area contributed by atoms with Gasteiger partial charge >= 0.3 is 0 Å². The van der Waals surface area contributed by atoms with Crippen molar-refractivity contribution < 1.29 is 4.79 Å². The highest BCUT2D eigenvalue weighted by atomic mass is 35.5. The number of nitrogens with two attached hydrogens (primary N) is 1. The number of carbonyl (C=O) groups is 1. The van der Waals surface area contributed by atoms with Crippen LogP contribution in [0.1, 0.15) is 5.56 Å². The van der Waals surface area contributed by atoms with Gasteiger partial charge in [0.15, 0.2) is 0 Å². The van der Waals surface area contributed by atoms with Crippen molar-refractivity contribution >= 4 is 45.8 Å². The molecule has 29 heavy (non-hydrogen) atoms. The standard InChI is InChI=1S/C21H21Cl2N5O/c22-15-6-5-14(17(23)12-15)11-18(24)21(29)28-9-7-27(8-10-28)20-16-3-1-2-4-19(16)25-13-26-20/h1-6,12-13,18H,7-11,24H2. The number of para-hydroxylation sites is 1. The highest BCUT2D eigenvalue weighted by Gasteiger charge is 2.27. The maximum atomic E-state index is 12.8. The predicted octanol–water partition coefficient (Wildman–Crippen LogP) is 3.16. The zero-order valence-electron chi connectivity index (χ0n) is 15.8. The van der Waals surface area contributed by atoms with Gasteiger partial charge in [-0.25, -0.2) is 9.97 Å². The minimum absolute atomic E-state index is 0.0665. The average molecular weight is 430 g/mol. The molecule has 0 saturated carbocycles. The van der Waals surface area contributed by atoms with Gasteiger partial charge < -0.3 is 15.5 Å². The first-order valence-electron chi connectivity index (χ1n) is 9.46. The number of amides is 1. The second kappa shape index (κ2) is 8.53. The van der Waals surface area contributed by atoms with E-state index in [0.29, 0.717) is 42.6 Å². The van der Waals surface area contributed by atoms with E-state index in [1.807, 2.05) is 35.2 Å². The topological polar surface area (TPSA) is 75.4 Å². The number of rotatable bonds is 4. The molecule has 6 nitrogen and oxygen atoms in total. The molecule has 1 aliphatic rings. The van der Waals surface area contributed by atoms with Crippen LogP contribution in [0.4, 0.5) is 5.82 Å². The summed E-state index contributed by atoms with van der Waals surface area (Å²) in [5, 5.41) is 2.11. The fraction of sp³-hybridized carbons (Fsp3) is 0.286. The van der Waals surface area contributed by atoms with E-state index in [4.69, 9.17) is 28.9 Å². The zero-order valence-corrected chi connectivity index (χ0v) is 17.3. The molecule has 8 heteroatoms. The molecule has 1 aliphatic heterocycles. The molecule has 1 atom stereocenters. The van der Waals surface area contributed by atoms with E-state index in [0.717, 1.165) is 22.3 Å². The molecule has 1 amide bonds. The third-order valence-electron chi connectivity index (χ3n) is 5.18. The van der Waals surface area contributed by atoms with Crippen LogP contribution in [-0.4, -0.2) is 53.0 Å². The Bertz CT molecular complexity index is 1030. The summed E-state index contributed by atoms with van der Waals surface area (Å²) in [7, 11) is 0. The highest BCUT2D eigenvalue weighted by molar-refractivity contribution is 6.35. The normalized spacial score (nSPS) is 15.6. The van der Waals surface area contributed by atoms with E-state index in [9.17, 15) is 4.79 Å². The van der Waals surface area contributed by atoms with Gasteiger partial charge in [-0.15, -0.1) is 0 Å². The lowest BCUT2D eigenvalue weighted by Crippen LogP contribution is -2.53. The van der Waals surface area contributed by atoms with E-state index in [-0.39, 0.29) is 5.91 Å². The molecule has 150 valence electrons. The molecule has 4 rings (SSSR count). The molecule has 2 aromatic carbocycles. The molecule has 0 aliphatic carbocycles. The molecule has 1 aromatic heterocycles. The first-order chi connectivity index (χ1) is 14.0. The number of piperazine rings is 1. The Hall–Kier alpha value is -2.41. The summed E-state index contributed by atoms with van der Waals surface area (Å²) in [6.07, 6.45) is 1.96. The number of halogens is 2. The summed E-state index contributed by atoms with van der Waals surface area (Å²) < 4.78 is 0. The van der Waals surface area contributed by atoms with Gasteiger partial charge in [-0.2, -0.15) is 0 Å². The van der Waals surface area contributed by atoms with Gasteiger partial charge in [0.25, 0.3) is 0 Å². The van der Waals surface area contributed by atoms with Crippen LogP contribution in [0, 0.1) is 0 Å². The van der Waals surface area contributed by atoms with Gasteiger partial charge in [-0.3, -0.25) is 4.79 Å². The van der Waals surface area contributed by atoms with Crippen LogP contribution in [0.2, 0.25) is 10.0 Å². The average Bonchev–Trinajstić information content (AvgIpc) is 2.75. The maximum absolute atomic E-state index is 12.8. The number of nitrogens with zero attached hydrogens (tertiary/aromatic N) is 4. The third kappa shape index (κ3) is 4.29. The maximum Gasteiger partial charge on any atom is 0.239 e. The lowest BCUT2D eigenvalue weighted by atomic mass is 10.0. The third-order valence-corrected chi connectivity index (χ3v) is 5.77. The van der Waals surface area contributed by atoms with Crippen LogP contribution < -0.4 is 10.6 Å². The molecule has 1 fully saturated rings. The quantitative estimate of drug-likeness (QED) is 0.689. The Morgan fingerprint density at radius 3 is 2.59 bits per heavy atom. The highest BCUT2D eigenvalue weighted by Crippen LogP contribution is 2.24. The molecular formula is C21H21Cl2N5O. The summed E-state index contributed by atoms with van der Waals surface area (Å²) in [5.41, 5.74) is 7.93. The largest absolute Gasteiger partial charge is 0.352 e. The van der Waals surface area contributed by atoms with Gasteiger partial charge in [0, 0.05) is 41.6 Å². The number of hydrogen-bond acceptors (Lipinski definition) is 5.